The molecule has 0 spiro atoms. The standard InChI is InChI=1S/C20H22N4O3/c1-14(25)21-15-7-5-8-16(13-15)22-19(26)17-9-6-10-18(23-17)20(27)24-11-3-2-4-12-24/h5-10,13H,2-4,11-12H2,1H3,(H,21,25)(H,22,26). The Labute approximate surface area is 157 Å². The van der Waals surface area contributed by atoms with Crippen molar-refractivity contribution in [3.8, 4) is 0 Å². The molecule has 0 radical (unpaired) electrons. The van der Waals surface area contributed by atoms with Crippen LogP contribution >= 0.6 is 0 Å². The van der Waals surface area contributed by atoms with Gasteiger partial charge in [0.15, 0.2) is 0 Å². The zero-order valence-corrected chi connectivity index (χ0v) is 15.2. The highest BCUT2D eigenvalue weighted by atomic mass is 16.2. The highest BCUT2D eigenvalue weighted by Crippen LogP contribution is 2.16. The third kappa shape index (κ3) is 4.91. The van der Waals surface area contributed by atoms with Gasteiger partial charge in [0.1, 0.15) is 11.4 Å². The van der Waals surface area contributed by atoms with Gasteiger partial charge in [-0.25, -0.2) is 4.98 Å². The molecule has 7 heteroatoms. The van der Waals surface area contributed by atoms with Crippen molar-refractivity contribution in [2.45, 2.75) is 26.2 Å². The first-order valence-corrected chi connectivity index (χ1v) is 8.98. The van der Waals surface area contributed by atoms with E-state index >= 15 is 0 Å². The molecule has 0 bridgehead atoms. The summed E-state index contributed by atoms with van der Waals surface area (Å²) in [6.07, 6.45) is 3.13. The second-order valence-corrected chi connectivity index (χ2v) is 6.48. The van der Waals surface area contributed by atoms with Crippen molar-refractivity contribution in [3.05, 3.63) is 53.9 Å². The van der Waals surface area contributed by atoms with Gasteiger partial charge in [0.05, 0.1) is 0 Å². The van der Waals surface area contributed by atoms with E-state index in [0.29, 0.717) is 11.4 Å². The molecule has 7 nitrogen and oxygen atoms in total. The molecule has 1 aliphatic heterocycles. The number of rotatable bonds is 4. The van der Waals surface area contributed by atoms with Gasteiger partial charge in [-0.05, 0) is 49.6 Å². The van der Waals surface area contributed by atoms with Crippen molar-refractivity contribution in [3.63, 3.8) is 0 Å². The van der Waals surface area contributed by atoms with E-state index in [1.807, 2.05) is 0 Å². The normalized spacial score (nSPS) is 13.7. The summed E-state index contributed by atoms with van der Waals surface area (Å²) in [4.78, 5) is 42.3. The maximum Gasteiger partial charge on any atom is 0.274 e. The lowest BCUT2D eigenvalue weighted by Gasteiger charge is -2.26. The molecule has 3 amide bonds. The Kier molecular flexibility index (Phi) is 5.80. The van der Waals surface area contributed by atoms with Gasteiger partial charge in [0.2, 0.25) is 5.91 Å². The van der Waals surface area contributed by atoms with Crippen LogP contribution in [-0.2, 0) is 4.79 Å². The lowest BCUT2D eigenvalue weighted by Crippen LogP contribution is -2.36. The number of benzene rings is 1. The Morgan fingerprint density at radius 3 is 2.22 bits per heavy atom. The number of nitrogens with zero attached hydrogens (tertiary/aromatic N) is 2. The molecule has 1 aliphatic rings. The molecule has 0 atom stereocenters. The van der Waals surface area contributed by atoms with Gasteiger partial charge in [-0.15, -0.1) is 0 Å². The van der Waals surface area contributed by atoms with Gasteiger partial charge in [-0.2, -0.15) is 0 Å². The van der Waals surface area contributed by atoms with Crippen molar-refractivity contribution in [2.75, 3.05) is 23.7 Å². The molecular formula is C20H22N4O3. The maximum atomic E-state index is 12.6. The third-order valence-corrected chi connectivity index (χ3v) is 4.28. The number of piperidine rings is 1. The largest absolute Gasteiger partial charge is 0.337 e. The first kappa shape index (κ1) is 18.6. The highest BCUT2D eigenvalue weighted by molar-refractivity contribution is 6.04. The molecule has 1 aromatic carbocycles. The van der Waals surface area contributed by atoms with Gasteiger partial charge in [-0.1, -0.05) is 12.1 Å². The lowest BCUT2D eigenvalue weighted by atomic mass is 10.1. The van der Waals surface area contributed by atoms with Gasteiger partial charge >= 0.3 is 0 Å². The molecule has 0 unspecified atom stereocenters. The number of likely N-dealkylation sites (tertiary alicyclic amines) is 1. The SMILES string of the molecule is CC(=O)Nc1cccc(NC(=O)c2cccc(C(=O)N3CCCCC3)n2)c1. The first-order valence-electron chi connectivity index (χ1n) is 8.98. The van der Waals surface area contributed by atoms with E-state index in [-0.39, 0.29) is 23.2 Å². The summed E-state index contributed by atoms with van der Waals surface area (Å²) in [6, 6.07) is 11.7. The van der Waals surface area contributed by atoms with E-state index in [4.69, 9.17) is 0 Å². The zero-order valence-electron chi connectivity index (χ0n) is 15.2. The quantitative estimate of drug-likeness (QED) is 0.870. The van der Waals surface area contributed by atoms with Gasteiger partial charge in [0.25, 0.3) is 11.8 Å². The summed E-state index contributed by atoms with van der Waals surface area (Å²) in [5.74, 6) is -0.746. The average molecular weight is 366 g/mol. The Balaban J connectivity index is 1.72. The van der Waals surface area contributed by atoms with Crippen molar-refractivity contribution >= 4 is 29.1 Å². The van der Waals surface area contributed by atoms with Crippen LogP contribution < -0.4 is 10.6 Å². The molecule has 3 rings (SSSR count). The smallest absolute Gasteiger partial charge is 0.274 e. The predicted molar refractivity (Wildman–Crippen MR) is 103 cm³/mol. The molecule has 27 heavy (non-hydrogen) atoms. The van der Waals surface area contributed by atoms with Crippen LogP contribution in [0, 0.1) is 0 Å². The number of pyridine rings is 1. The van der Waals surface area contributed by atoms with E-state index < -0.39 is 5.91 Å². The van der Waals surface area contributed by atoms with E-state index in [9.17, 15) is 14.4 Å². The van der Waals surface area contributed by atoms with Gasteiger partial charge in [-0.3, -0.25) is 14.4 Å². The Bertz CT molecular complexity index is 860. The fourth-order valence-electron chi connectivity index (χ4n) is 3.01. The van der Waals surface area contributed by atoms with Crippen LogP contribution in [0.4, 0.5) is 11.4 Å². The van der Waals surface area contributed by atoms with Crippen LogP contribution in [0.3, 0.4) is 0 Å². The first-order chi connectivity index (χ1) is 13.0. The minimum atomic E-state index is -0.414. The molecule has 2 N–H and O–H groups in total. The van der Waals surface area contributed by atoms with E-state index in [2.05, 4.69) is 15.6 Å². The van der Waals surface area contributed by atoms with Crippen LogP contribution in [0.5, 0.6) is 0 Å². The van der Waals surface area contributed by atoms with Gasteiger partial charge in [0, 0.05) is 31.4 Å². The summed E-state index contributed by atoms with van der Waals surface area (Å²) in [5.41, 5.74) is 1.56. The van der Waals surface area contributed by atoms with Crippen LogP contribution in [0.25, 0.3) is 0 Å². The molecular weight excluding hydrogens is 344 g/mol. The zero-order chi connectivity index (χ0) is 19.2. The van der Waals surface area contributed by atoms with Crippen LogP contribution in [-0.4, -0.2) is 40.7 Å². The Morgan fingerprint density at radius 2 is 1.52 bits per heavy atom. The minimum Gasteiger partial charge on any atom is -0.337 e. The fourth-order valence-corrected chi connectivity index (χ4v) is 3.01. The second kappa shape index (κ2) is 8.44. The molecule has 2 heterocycles. The maximum absolute atomic E-state index is 12.6. The highest BCUT2D eigenvalue weighted by Gasteiger charge is 2.20. The number of aromatic nitrogens is 1. The van der Waals surface area contributed by atoms with Crippen molar-refractivity contribution in [2.24, 2.45) is 0 Å². The number of carbonyl (C=O) groups is 3. The van der Waals surface area contributed by atoms with Crippen molar-refractivity contribution < 1.29 is 14.4 Å². The summed E-state index contributed by atoms with van der Waals surface area (Å²) in [7, 11) is 0. The number of carbonyl (C=O) groups excluding carboxylic acids is 3. The number of amides is 3. The summed E-state index contributed by atoms with van der Waals surface area (Å²) in [6.45, 7) is 2.87. The minimum absolute atomic E-state index is 0.142. The number of hydrogen-bond donors (Lipinski definition) is 2. The Morgan fingerprint density at radius 1 is 0.889 bits per heavy atom. The van der Waals surface area contributed by atoms with E-state index in [1.54, 1.807) is 47.4 Å². The fraction of sp³-hybridized carbons (Fsp3) is 0.300. The molecule has 1 aromatic heterocycles. The number of hydrogen-bond acceptors (Lipinski definition) is 4. The third-order valence-electron chi connectivity index (χ3n) is 4.28. The summed E-state index contributed by atoms with van der Waals surface area (Å²) in [5, 5.41) is 5.40. The molecule has 1 saturated heterocycles. The van der Waals surface area contributed by atoms with Crippen LogP contribution in [0.1, 0.15) is 47.2 Å². The average Bonchev–Trinajstić information content (AvgIpc) is 2.68. The number of anilines is 2. The van der Waals surface area contributed by atoms with Crippen LogP contribution in [0.2, 0.25) is 0 Å². The number of nitrogens with one attached hydrogen (secondary N) is 2. The van der Waals surface area contributed by atoms with Crippen molar-refractivity contribution in [1.82, 2.24) is 9.88 Å². The predicted octanol–water partition coefficient (Wildman–Crippen LogP) is 2.92. The molecule has 1 fully saturated rings. The van der Waals surface area contributed by atoms with Crippen LogP contribution in [0.15, 0.2) is 42.5 Å². The molecule has 2 aromatic rings. The van der Waals surface area contributed by atoms with E-state index in [0.717, 1.165) is 32.4 Å². The second-order valence-electron chi connectivity index (χ2n) is 6.48. The Hall–Kier alpha value is -3.22. The van der Waals surface area contributed by atoms with Crippen molar-refractivity contribution in [1.29, 1.82) is 0 Å². The summed E-state index contributed by atoms with van der Waals surface area (Å²) >= 11 is 0. The summed E-state index contributed by atoms with van der Waals surface area (Å²) < 4.78 is 0. The van der Waals surface area contributed by atoms with Gasteiger partial charge < -0.3 is 15.5 Å². The van der Waals surface area contributed by atoms with E-state index in [1.165, 1.54) is 6.92 Å². The monoisotopic (exact) mass is 366 g/mol. The molecule has 0 aliphatic carbocycles. The topological polar surface area (TPSA) is 91.4 Å². The molecule has 140 valence electrons. The molecule has 0 saturated carbocycles. The lowest BCUT2D eigenvalue weighted by molar-refractivity contribution is -0.114.